The third kappa shape index (κ3) is 3.03. The Morgan fingerprint density at radius 1 is 1.05 bits per heavy atom. The molecule has 2 rings (SSSR count). The number of para-hydroxylation sites is 1. The smallest absolute Gasteiger partial charge is 0.337 e. The van der Waals surface area contributed by atoms with Crippen molar-refractivity contribution in [1.29, 1.82) is 0 Å². The van der Waals surface area contributed by atoms with Gasteiger partial charge in [-0.15, -0.1) is 0 Å². The van der Waals surface area contributed by atoms with E-state index in [1.165, 1.54) is 6.07 Å². The first-order valence-corrected chi connectivity index (χ1v) is 6.78. The average Bonchev–Trinajstić information content (AvgIpc) is 2.40. The van der Waals surface area contributed by atoms with Crippen LogP contribution in [-0.4, -0.2) is 11.1 Å². The Hall–Kier alpha value is -1.23. The zero-order valence-electron chi connectivity index (χ0n) is 9.45. The number of halogens is 3. The topological polar surface area (TPSA) is 49.3 Å². The van der Waals surface area contributed by atoms with Crippen molar-refractivity contribution in [3.05, 3.63) is 56.5 Å². The van der Waals surface area contributed by atoms with E-state index < -0.39 is 5.97 Å². The van der Waals surface area contributed by atoms with Crippen molar-refractivity contribution in [3.8, 4) is 0 Å². The molecule has 0 aliphatic rings. The minimum absolute atomic E-state index is 0.164. The summed E-state index contributed by atoms with van der Waals surface area (Å²) >= 11 is 15.4. The molecule has 0 bridgehead atoms. The molecule has 0 saturated carbocycles. The van der Waals surface area contributed by atoms with Crippen molar-refractivity contribution in [1.82, 2.24) is 0 Å². The van der Waals surface area contributed by atoms with Crippen LogP contribution < -0.4 is 5.32 Å². The average molecular weight is 361 g/mol. The molecule has 0 aliphatic heterocycles. The van der Waals surface area contributed by atoms with Crippen LogP contribution in [0.1, 0.15) is 10.4 Å². The Labute approximate surface area is 128 Å². The SMILES string of the molecule is O=C(O)c1ccccc1Nc1ccc(Br)c(Cl)c1Cl. The third-order valence-corrected chi connectivity index (χ3v) is 4.23. The molecule has 0 aliphatic carbocycles. The maximum absolute atomic E-state index is 11.1. The van der Waals surface area contributed by atoms with Crippen molar-refractivity contribution < 1.29 is 9.90 Å². The van der Waals surface area contributed by atoms with E-state index in [2.05, 4.69) is 21.2 Å². The summed E-state index contributed by atoms with van der Waals surface area (Å²) in [5.41, 5.74) is 1.16. The highest BCUT2D eigenvalue weighted by atomic mass is 79.9. The van der Waals surface area contributed by atoms with Gasteiger partial charge in [0.15, 0.2) is 0 Å². The second kappa shape index (κ2) is 5.82. The molecule has 2 aromatic carbocycles. The normalized spacial score (nSPS) is 10.3. The zero-order valence-corrected chi connectivity index (χ0v) is 12.6. The van der Waals surface area contributed by atoms with Gasteiger partial charge < -0.3 is 10.4 Å². The van der Waals surface area contributed by atoms with Crippen LogP contribution in [0, 0.1) is 0 Å². The van der Waals surface area contributed by atoms with Crippen molar-refractivity contribution >= 4 is 56.5 Å². The van der Waals surface area contributed by atoms with Gasteiger partial charge in [-0.25, -0.2) is 4.79 Å². The van der Waals surface area contributed by atoms with Crippen LogP contribution in [0.5, 0.6) is 0 Å². The summed E-state index contributed by atoms with van der Waals surface area (Å²) in [6.45, 7) is 0. The number of carbonyl (C=O) groups is 1. The Morgan fingerprint density at radius 2 is 1.74 bits per heavy atom. The standard InChI is InChI=1S/C13H8BrCl2NO2/c14-8-5-6-10(12(16)11(8)15)17-9-4-2-1-3-7(9)13(18)19/h1-6,17H,(H,18,19). The van der Waals surface area contributed by atoms with Gasteiger partial charge in [0, 0.05) is 4.47 Å². The fourth-order valence-electron chi connectivity index (χ4n) is 1.55. The van der Waals surface area contributed by atoms with Crippen LogP contribution in [0.2, 0.25) is 10.0 Å². The fourth-order valence-corrected chi connectivity index (χ4v) is 2.37. The van der Waals surface area contributed by atoms with Gasteiger partial charge in [-0.05, 0) is 40.2 Å². The van der Waals surface area contributed by atoms with Crippen LogP contribution in [0.3, 0.4) is 0 Å². The minimum atomic E-state index is -1.01. The molecule has 6 heteroatoms. The minimum Gasteiger partial charge on any atom is -0.478 e. The highest BCUT2D eigenvalue weighted by Gasteiger charge is 2.12. The number of hydrogen-bond acceptors (Lipinski definition) is 2. The van der Waals surface area contributed by atoms with E-state index in [9.17, 15) is 4.79 Å². The molecule has 2 aromatic rings. The summed E-state index contributed by atoms with van der Waals surface area (Å²) in [4.78, 5) is 11.1. The van der Waals surface area contributed by atoms with E-state index in [4.69, 9.17) is 28.3 Å². The molecule has 0 amide bonds. The van der Waals surface area contributed by atoms with E-state index in [1.807, 2.05) is 0 Å². The predicted octanol–water partition coefficient (Wildman–Crippen LogP) is 5.20. The second-order valence-corrected chi connectivity index (χ2v) is 5.31. The Morgan fingerprint density at radius 3 is 2.42 bits per heavy atom. The molecule has 19 heavy (non-hydrogen) atoms. The molecule has 0 radical (unpaired) electrons. The molecule has 0 heterocycles. The number of nitrogens with one attached hydrogen (secondary N) is 1. The number of carboxylic acid groups (broad SMARTS) is 1. The number of anilines is 2. The largest absolute Gasteiger partial charge is 0.478 e. The van der Waals surface area contributed by atoms with E-state index in [-0.39, 0.29) is 5.56 Å². The van der Waals surface area contributed by atoms with Gasteiger partial charge >= 0.3 is 5.97 Å². The molecule has 0 saturated heterocycles. The monoisotopic (exact) mass is 359 g/mol. The molecule has 3 nitrogen and oxygen atoms in total. The van der Waals surface area contributed by atoms with E-state index >= 15 is 0 Å². The van der Waals surface area contributed by atoms with Crippen LogP contribution in [0.25, 0.3) is 0 Å². The molecule has 0 spiro atoms. The van der Waals surface area contributed by atoms with Gasteiger partial charge in [-0.2, -0.15) is 0 Å². The quantitative estimate of drug-likeness (QED) is 0.739. The summed E-state index contributed by atoms with van der Waals surface area (Å²) in [5.74, 6) is -1.01. The number of carboxylic acids is 1. The summed E-state index contributed by atoms with van der Waals surface area (Å²) < 4.78 is 0.677. The lowest BCUT2D eigenvalue weighted by molar-refractivity contribution is 0.0698. The molecular weight excluding hydrogens is 353 g/mol. The van der Waals surface area contributed by atoms with E-state index in [0.717, 1.165) is 0 Å². The number of aromatic carboxylic acids is 1. The molecule has 98 valence electrons. The zero-order chi connectivity index (χ0) is 14.0. The lowest BCUT2D eigenvalue weighted by atomic mass is 10.1. The Balaban J connectivity index is 2.42. The molecule has 0 aromatic heterocycles. The third-order valence-electron chi connectivity index (χ3n) is 2.46. The first-order chi connectivity index (χ1) is 9.00. The van der Waals surface area contributed by atoms with Gasteiger partial charge in [-0.1, -0.05) is 35.3 Å². The number of benzene rings is 2. The lowest BCUT2D eigenvalue weighted by Gasteiger charge is -2.12. The number of rotatable bonds is 3. The molecule has 0 unspecified atom stereocenters. The lowest BCUT2D eigenvalue weighted by Crippen LogP contribution is -2.02. The van der Waals surface area contributed by atoms with Crippen molar-refractivity contribution in [3.63, 3.8) is 0 Å². The summed E-state index contributed by atoms with van der Waals surface area (Å²) in [5, 5.41) is 12.8. The summed E-state index contributed by atoms with van der Waals surface area (Å²) in [6, 6.07) is 10.0. The maximum Gasteiger partial charge on any atom is 0.337 e. The highest BCUT2D eigenvalue weighted by Crippen LogP contribution is 2.37. The van der Waals surface area contributed by atoms with Gasteiger partial charge in [0.1, 0.15) is 0 Å². The van der Waals surface area contributed by atoms with Crippen LogP contribution >= 0.6 is 39.1 Å². The molecule has 0 atom stereocenters. The Kier molecular flexibility index (Phi) is 4.34. The van der Waals surface area contributed by atoms with Crippen molar-refractivity contribution in [2.24, 2.45) is 0 Å². The molecular formula is C13H8BrCl2NO2. The van der Waals surface area contributed by atoms with Crippen molar-refractivity contribution in [2.45, 2.75) is 0 Å². The van der Waals surface area contributed by atoms with Crippen molar-refractivity contribution in [2.75, 3.05) is 5.32 Å². The van der Waals surface area contributed by atoms with Gasteiger partial charge in [0.05, 0.1) is 27.0 Å². The molecule has 0 fully saturated rings. The first-order valence-electron chi connectivity index (χ1n) is 5.23. The predicted molar refractivity (Wildman–Crippen MR) is 80.8 cm³/mol. The first kappa shape index (κ1) is 14.2. The summed E-state index contributed by atoms with van der Waals surface area (Å²) in [7, 11) is 0. The van der Waals surface area contributed by atoms with E-state index in [1.54, 1.807) is 30.3 Å². The molecule has 2 N–H and O–H groups in total. The fraction of sp³-hybridized carbons (Fsp3) is 0. The Bertz CT molecular complexity index is 647. The van der Waals surface area contributed by atoms with Gasteiger partial charge in [0.2, 0.25) is 0 Å². The van der Waals surface area contributed by atoms with Gasteiger partial charge in [0.25, 0.3) is 0 Å². The van der Waals surface area contributed by atoms with E-state index in [0.29, 0.717) is 25.9 Å². The maximum atomic E-state index is 11.1. The van der Waals surface area contributed by atoms with Gasteiger partial charge in [-0.3, -0.25) is 0 Å². The number of hydrogen-bond donors (Lipinski definition) is 2. The highest BCUT2D eigenvalue weighted by molar-refractivity contribution is 9.10. The van der Waals surface area contributed by atoms with Crippen LogP contribution in [-0.2, 0) is 0 Å². The summed E-state index contributed by atoms with van der Waals surface area (Å²) in [6.07, 6.45) is 0. The second-order valence-electron chi connectivity index (χ2n) is 3.70. The van der Waals surface area contributed by atoms with Crippen LogP contribution in [0.4, 0.5) is 11.4 Å². The van der Waals surface area contributed by atoms with Crippen LogP contribution in [0.15, 0.2) is 40.9 Å².